The number of nitrogens with zero attached hydrogens (tertiary/aromatic N) is 2. The van der Waals surface area contributed by atoms with E-state index in [4.69, 9.17) is 4.98 Å². The van der Waals surface area contributed by atoms with Crippen molar-refractivity contribution in [1.29, 1.82) is 0 Å². The number of imidazole rings is 1. The number of aromatic nitrogens is 2. The fourth-order valence-corrected chi connectivity index (χ4v) is 7.49. The monoisotopic (exact) mass is 556 g/mol. The molecule has 3 N–H and O–H groups in total. The largest absolute Gasteiger partial charge is 0.515 e. The zero-order valence-corrected chi connectivity index (χ0v) is 22.5. The van der Waals surface area contributed by atoms with Gasteiger partial charge in [0.05, 0.1) is 34.1 Å². The number of hydrogen-bond donors (Lipinski definition) is 3. The van der Waals surface area contributed by atoms with E-state index in [1.165, 1.54) is 6.07 Å². The van der Waals surface area contributed by atoms with E-state index in [-0.39, 0.29) is 17.2 Å². The van der Waals surface area contributed by atoms with Crippen molar-refractivity contribution in [2.75, 3.05) is 10.6 Å². The van der Waals surface area contributed by atoms with Gasteiger partial charge >= 0.3 is 0 Å². The summed E-state index contributed by atoms with van der Waals surface area (Å²) in [5, 5.41) is 25.9. The summed E-state index contributed by atoms with van der Waals surface area (Å²) in [5.74, 6) is 0. The predicted octanol–water partition coefficient (Wildman–Crippen LogP) is 6.40. The third kappa shape index (κ3) is 2.67. The van der Waals surface area contributed by atoms with E-state index in [0.29, 0.717) is 21.6 Å². The SMILES string of the molecule is O=c1cc2c(=O)n3c4ccccc4nc3c3ccc4c5cc/c(=C\O)c6c(C7Nc8ccccc8N7)ccc(c1c4c23)c65. The third-order valence-corrected chi connectivity index (χ3v) is 9.24. The average Bonchev–Trinajstić information content (AvgIpc) is 3.65. The van der Waals surface area contributed by atoms with Gasteiger partial charge in [-0.3, -0.25) is 14.0 Å². The maximum absolute atomic E-state index is 14.1. The van der Waals surface area contributed by atoms with E-state index in [2.05, 4.69) is 10.6 Å². The standard InChI is InChI=1S/C36H20N4O3/c41-16-17-9-10-18-19-11-14-22-31-23(36(43)40-27-8-4-3-7-26(27)39-35(22)40)15-28(42)32(33(19)31)20-12-13-21(29(17)30(18)20)34-37-24-5-1-2-6-25(24)38-34/h1-16,34,37-38,41H/b17-16+. The molecule has 43 heavy (non-hydrogen) atoms. The summed E-state index contributed by atoms with van der Waals surface area (Å²) in [4.78, 5) is 32.9. The lowest BCUT2D eigenvalue weighted by atomic mass is 9.85. The van der Waals surface area contributed by atoms with Crippen LogP contribution in [0.3, 0.4) is 0 Å². The first kappa shape index (κ1) is 22.7. The number of benzene rings is 7. The second-order valence-electron chi connectivity index (χ2n) is 11.3. The topological polar surface area (TPSA) is 95.7 Å². The van der Waals surface area contributed by atoms with Crippen LogP contribution in [0.5, 0.6) is 0 Å². The minimum absolute atomic E-state index is 0.204. The number of para-hydroxylation sites is 4. The van der Waals surface area contributed by atoms with Gasteiger partial charge in [0.15, 0.2) is 5.43 Å². The average molecular weight is 557 g/mol. The first-order valence-electron chi connectivity index (χ1n) is 14.2. The Hall–Kier alpha value is -5.95. The molecule has 0 spiro atoms. The maximum Gasteiger partial charge on any atom is 0.264 e. The Bertz CT molecular complexity index is 2830. The van der Waals surface area contributed by atoms with Gasteiger partial charge in [0, 0.05) is 37.7 Å². The van der Waals surface area contributed by atoms with Crippen molar-refractivity contribution >= 4 is 88.2 Å². The number of nitrogens with one attached hydrogen (secondary N) is 2. The lowest BCUT2D eigenvalue weighted by Crippen LogP contribution is -2.18. The van der Waals surface area contributed by atoms with Crippen LogP contribution >= 0.6 is 0 Å². The van der Waals surface area contributed by atoms with Gasteiger partial charge in [-0.05, 0) is 57.9 Å². The Morgan fingerprint density at radius 2 is 1.35 bits per heavy atom. The van der Waals surface area contributed by atoms with Gasteiger partial charge < -0.3 is 15.7 Å². The molecule has 1 aliphatic rings. The quantitative estimate of drug-likeness (QED) is 0.160. The fourth-order valence-electron chi connectivity index (χ4n) is 7.49. The first-order chi connectivity index (χ1) is 21.1. The fraction of sp³-hybridized carbons (Fsp3) is 0.0278. The molecule has 0 fully saturated rings. The molecule has 1 aliphatic heterocycles. The Morgan fingerprint density at radius 1 is 0.674 bits per heavy atom. The molecule has 0 unspecified atom stereocenters. The Balaban J connectivity index is 1.40. The van der Waals surface area contributed by atoms with Crippen molar-refractivity contribution < 1.29 is 5.11 Å². The van der Waals surface area contributed by atoms with E-state index < -0.39 is 0 Å². The van der Waals surface area contributed by atoms with Gasteiger partial charge in [0.25, 0.3) is 5.56 Å². The molecular formula is C36H20N4O3. The molecule has 7 nitrogen and oxygen atoms in total. The molecular weight excluding hydrogens is 536 g/mol. The number of aliphatic hydroxyl groups excluding tert-OH is 1. The van der Waals surface area contributed by atoms with Gasteiger partial charge in [-0.15, -0.1) is 0 Å². The number of anilines is 2. The van der Waals surface area contributed by atoms with Gasteiger partial charge in [-0.1, -0.05) is 54.6 Å². The summed E-state index contributed by atoms with van der Waals surface area (Å²) >= 11 is 0. The second-order valence-corrected chi connectivity index (χ2v) is 11.3. The summed E-state index contributed by atoms with van der Waals surface area (Å²) < 4.78 is 1.63. The molecule has 10 rings (SSSR count). The molecule has 202 valence electrons. The van der Waals surface area contributed by atoms with Crippen LogP contribution in [-0.2, 0) is 0 Å². The normalized spacial score (nSPS) is 14.3. The molecule has 7 aromatic carbocycles. The number of fused-ring (bicyclic) bond motifs is 7. The maximum atomic E-state index is 14.1. The highest BCUT2D eigenvalue weighted by molar-refractivity contribution is 6.37. The lowest BCUT2D eigenvalue weighted by molar-refractivity contribution is 0.541. The Kier molecular flexibility index (Phi) is 4.04. The Labute approximate surface area is 241 Å². The number of pyridine rings is 1. The molecule has 0 aliphatic carbocycles. The number of aliphatic hydroxyl groups is 1. The van der Waals surface area contributed by atoms with E-state index >= 15 is 0 Å². The minimum Gasteiger partial charge on any atom is -0.515 e. The van der Waals surface area contributed by atoms with Crippen LogP contribution in [0.1, 0.15) is 11.7 Å². The smallest absolute Gasteiger partial charge is 0.264 e. The zero-order chi connectivity index (χ0) is 28.6. The van der Waals surface area contributed by atoms with Crippen molar-refractivity contribution in [3.63, 3.8) is 0 Å². The second kappa shape index (κ2) is 7.66. The van der Waals surface area contributed by atoms with E-state index in [9.17, 15) is 14.7 Å². The highest BCUT2D eigenvalue weighted by atomic mass is 16.2. The van der Waals surface area contributed by atoms with Crippen LogP contribution in [-0.4, -0.2) is 14.5 Å². The van der Waals surface area contributed by atoms with Crippen molar-refractivity contribution in [2.24, 2.45) is 0 Å². The number of rotatable bonds is 1. The minimum atomic E-state index is -0.244. The van der Waals surface area contributed by atoms with Crippen molar-refractivity contribution in [3.8, 4) is 0 Å². The molecule has 0 radical (unpaired) electrons. The first-order valence-corrected chi connectivity index (χ1v) is 14.2. The molecule has 7 heteroatoms. The molecule has 9 aromatic rings. The van der Waals surface area contributed by atoms with Crippen LogP contribution in [0.25, 0.3) is 76.8 Å². The van der Waals surface area contributed by atoms with Crippen molar-refractivity contribution in [2.45, 2.75) is 6.17 Å². The molecule has 0 atom stereocenters. The van der Waals surface area contributed by atoms with Crippen LogP contribution in [0, 0.1) is 0 Å². The van der Waals surface area contributed by atoms with Crippen LogP contribution in [0.2, 0.25) is 0 Å². The van der Waals surface area contributed by atoms with E-state index in [1.807, 2.05) is 84.9 Å². The molecule has 2 aromatic heterocycles. The summed E-state index contributed by atoms with van der Waals surface area (Å²) in [7, 11) is 0. The molecule has 0 amide bonds. The summed E-state index contributed by atoms with van der Waals surface area (Å²) in [6.07, 6.45) is 0.903. The predicted molar refractivity (Wildman–Crippen MR) is 174 cm³/mol. The van der Waals surface area contributed by atoms with Gasteiger partial charge in [0.1, 0.15) is 11.8 Å². The van der Waals surface area contributed by atoms with Crippen LogP contribution < -0.4 is 26.8 Å². The zero-order valence-electron chi connectivity index (χ0n) is 22.5. The third-order valence-electron chi connectivity index (χ3n) is 9.24. The molecule has 0 saturated heterocycles. The number of hydrogen-bond acceptors (Lipinski definition) is 6. The van der Waals surface area contributed by atoms with Gasteiger partial charge in [0.2, 0.25) is 0 Å². The van der Waals surface area contributed by atoms with Crippen LogP contribution in [0.15, 0.2) is 101 Å². The summed E-state index contributed by atoms with van der Waals surface area (Å²) in [5.41, 5.74) is 4.57. The van der Waals surface area contributed by atoms with E-state index in [0.717, 1.165) is 77.3 Å². The summed E-state index contributed by atoms with van der Waals surface area (Å²) in [6.45, 7) is 0. The Morgan fingerprint density at radius 3 is 2.16 bits per heavy atom. The molecule has 3 heterocycles. The molecule has 0 saturated carbocycles. The highest BCUT2D eigenvalue weighted by Crippen LogP contribution is 2.44. The summed E-state index contributed by atoms with van der Waals surface area (Å²) in [6, 6.07) is 29.1. The van der Waals surface area contributed by atoms with Crippen molar-refractivity contribution in [3.05, 3.63) is 122 Å². The highest BCUT2D eigenvalue weighted by Gasteiger charge is 2.26. The molecule has 0 bridgehead atoms. The lowest BCUT2D eigenvalue weighted by Gasteiger charge is -2.20. The van der Waals surface area contributed by atoms with E-state index in [1.54, 1.807) is 4.40 Å². The van der Waals surface area contributed by atoms with Crippen molar-refractivity contribution in [1.82, 2.24) is 9.38 Å². The van der Waals surface area contributed by atoms with Gasteiger partial charge in [-0.2, -0.15) is 0 Å². The van der Waals surface area contributed by atoms with Crippen LogP contribution in [0.4, 0.5) is 11.4 Å². The van der Waals surface area contributed by atoms with Gasteiger partial charge in [-0.25, -0.2) is 4.98 Å².